The van der Waals surface area contributed by atoms with E-state index in [1.165, 1.54) is 13.1 Å². The van der Waals surface area contributed by atoms with Crippen LogP contribution in [0.15, 0.2) is 17.1 Å². The summed E-state index contributed by atoms with van der Waals surface area (Å²) < 4.78 is 9.29. The zero-order valence-electron chi connectivity index (χ0n) is 8.12. The second kappa shape index (κ2) is 5.26. The van der Waals surface area contributed by atoms with Gasteiger partial charge in [-0.1, -0.05) is 0 Å². The molecule has 2 atom stereocenters. The fourth-order valence-corrected chi connectivity index (χ4v) is 0.665. The predicted molar refractivity (Wildman–Crippen MR) is 50.2 cm³/mol. The number of carbonyl (C=O) groups is 2. The molecule has 1 heterocycles. The van der Waals surface area contributed by atoms with Gasteiger partial charge in [-0.3, -0.25) is 0 Å². The number of esters is 2. The summed E-state index contributed by atoms with van der Waals surface area (Å²) in [7, 11) is 0. The molecule has 82 valence electrons. The molecule has 15 heavy (non-hydrogen) atoms. The SMILES string of the molecule is CC(CO)OC(=O)/C=C\C(=O)OC1C=N1. The van der Waals surface area contributed by atoms with Crippen molar-refractivity contribution < 1.29 is 24.2 Å². The molecule has 6 nitrogen and oxygen atoms in total. The van der Waals surface area contributed by atoms with E-state index in [9.17, 15) is 9.59 Å². The van der Waals surface area contributed by atoms with Gasteiger partial charge >= 0.3 is 11.9 Å². The third kappa shape index (κ3) is 4.92. The largest absolute Gasteiger partial charge is 0.457 e. The van der Waals surface area contributed by atoms with Crippen LogP contribution in [0.3, 0.4) is 0 Å². The average molecular weight is 213 g/mol. The molecule has 6 heteroatoms. The smallest absolute Gasteiger partial charge is 0.333 e. The maximum absolute atomic E-state index is 11.0. The summed E-state index contributed by atoms with van der Waals surface area (Å²) in [6.07, 6.45) is 2.28. The van der Waals surface area contributed by atoms with E-state index in [1.807, 2.05) is 0 Å². The van der Waals surface area contributed by atoms with Gasteiger partial charge in [0.2, 0.25) is 6.23 Å². The van der Waals surface area contributed by atoms with Crippen molar-refractivity contribution in [1.82, 2.24) is 0 Å². The van der Waals surface area contributed by atoms with Crippen LogP contribution in [0.4, 0.5) is 0 Å². The molecule has 2 unspecified atom stereocenters. The third-order valence-electron chi connectivity index (χ3n) is 1.44. The van der Waals surface area contributed by atoms with Crippen LogP contribution in [0.1, 0.15) is 6.92 Å². The lowest BCUT2D eigenvalue weighted by molar-refractivity contribution is -0.145. The van der Waals surface area contributed by atoms with Crippen molar-refractivity contribution in [2.24, 2.45) is 4.99 Å². The number of rotatable bonds is 5. The lowest BCUT2D eigenvalue weighted by Crippen LogP contribution is -2.17. The van der Waals surface area contributed by atoms with E-state index in [-0.39, 0.29) is 6.61 Å². The molecule has 1 N–H and O–H groups in total. The van der Waals surface area contributed by atoms with E-state index in [0.29, 0.717) is 0 Å². The molecule has 0 aromatic carbocycles. The molecule has 1 aliphatic heterocycles. The molecule has 0 amide bonds. The number of hydrogen-bond donors (Lipinski definition) is 1. The number of aliphatic hydroxyl groups is 1. The minimum absolute atomic E-state index is 0.264. The maximum atomic E-state index is 11.0. The van der Waals surface area contributed by atoms with Gasteiger partial charge in [0.05, 0.1) is 12.8 Å². The quantitative estimate of drug-likeness (QED) is 0.488. The summed E-state index contributed by atoms with van der Waals surface area (Å²) in [6, 6.07) is 0. The second-order valence-electron chi connectivity index (χ2n) is 2.89. The Morgan fingerprint density at radius 2 is 2.13 bits per heavy atom. The molecular formula is C9H11NO5. The van der Waals surface area contributed by atoms with Crippen LogP contribution in [0.2, 0.25) is 0 Å². The van der Waals surface area contributed by atoms with Crippen LogP contribution >= 0.6 is 0 Å². The van der Waals surface area contributed by atoms with Gasteiger partial charge < -0.3 is 14.6 Å². The highest BCUT2D eigenvalue weighted by molar-refractivity contribution is 5.93. The highest BCUT2D eigenvalue weighted by Crippen LogP contribution is 2.03. The highest BCUT2D eigenvalue weighted by atomic mass is 16.6. The first-order chi connectivity index (χ1) is 7.11. The van der Waals surface area contributed by atoms with Crippen LogP contribution < -0.4 is 0 Å². The molecule has 0 radical (unpaired) electrons. The van der Waals surface area contributed by atoms with Crippen molar-refractivity contribution in [2.45, 2.75) is 19.3 Å². The van der Waals surface area contributed by atoms with Gasteiger partial charge in [0.25, 0.3) is 0 Å². The van der Waals surface area contributed by atoms with E-state index in [0.717, 1.165) is 12.2 Å². The normalized spacial score (nSPS) is 20.0. The van der Waals surface area contributed by atoms with Gasteiger partial charge in [-0.25, -0.2) is 14.6 Å². The van der Waals surface area contributed by atoms with Crippen LogP contribution in [0.5, 0.6) is 0 Å². The van der Waals surface area contributed by atoms with Crippen molar-refractivity contribution in [3.63, 3.8) is 0 Å². The summed E-state index contributed by atoms with van der Waals surface area (Å²) in [5.74, 6) is -1.36. The summed E-state index contributed by atoms with van der Waals surface area (Å²) >= 11 is 0. The monoisotopic (exact) mass is 213 g/mol. The fraction of sp³-hybridized carbons (Fsp3) is 0.444. The summed E-state index contributed by atoms with van der Waals surface area (Å²) in [5, 5.41) is 8.58. The molecular weight excluding hydrogens is 202 g/mol. The van der Waals surface area contributed by atoms with Gasteiger partial charge in [0.15, 0.2) is 0 Å². The molecule has 1 rings (SSSR count). The van der Waals surface area contributed by atoms with Crippen molar-refractivity contribution in [2.75, 3.05) is 6.61 Å². The number of ether oxygens (including phenoxy) is 2. The first-order valence-electron chi connectivity index (χ1n) is 4.35. The van der Waals surface area contributed by atoms with Gasteiger partial charge in [0.1, 0.15) is 6.10 Å². The lowest BCUT2D eigenvalue weighted by Gasteiger charge is -2.06. The van der Waals surface area contributed by atoms with Crippen molar-refractivity contribution in [3.05, 3.63) is 12.2 Å². The Labute approximate surface area is 86.2 Å². The Hall–Kier alpha value is -1.69. The number of carbonyl (C=O) groups excluding carboxylic acids is 2. The van der Waals surface area contributed by atoms with Crippen molar-refractivity contribution in [3.8, 4) is 0 Å². The van der Waals surface area contributed by atoms with Crippen LogP contribution in [0.25, 0.3) is 0 Å². The number of nitrogens with zero attached hydrogens (tertiary/aromatic N) is 1. The Kier molecular flexibility index (Phi) is 3.99. The second-order valence-corrected chi connectivity index (χ2v) is 2.89. The molecule has 0 saturated heterocycles. The molecule has 0 spiro atoms. The van der Waals surface area contributed by atoms with E-state index in [2.05, 4.69) is 14.5 Å². The Morgan fingerprint density at radius 3 is 2.67 bits per heavy atom. The summed E-state index contributed by atoms with van der Waals surface area (Å²) in [4.78, 5) is 25.4. The van der Waals surface area contributed by atoms with Crippen LogP contribution in [0, 0.1) is 0 Å². The Balaban J connectivity index is 2.22. The molecule has 0 aromatic heterocycles. The zero-order chi connectivity index (χ0) is 11.3. The third-order valence-corrected chi connectivity index (χ3v) is 1.44. The molecule has 0 fully saturated rings. The van der Waals surface area contributed by atoms with E-state index in [1.54, 1.807) is 0 Å². The predicted octanol–water partition coefficient (Wildman–Crippen LogP) is -0.580. The van der Waals surface area contributed by atoms with Crippen molar-refractivity contribution >= 4 is 18.2 Å². The molecule has 0 saturated carbocycles. The van der Waals surface area contributed by atoms with E-state index in [4.69, 9.17) is 5.11 Å². The molecule has 0 aromatic rings. The minimum Gasteiger partial charge on any atom is -0.457 e. The van der Waals surface area contributed by atoms with Crippen molar-refractivity contribution in [1.29, 1.82) is 0 Å². The maximum Gasteiger partial charge on any atom is 0.333 e. The number of aliphatic hydroxyl groups excluding tert-OH is 1. The fourth-order valence-electron chi connectivity index (χ4n) is 0.665. The van der Waals surface area contributed by atoms with Gasteiger partial charge in [-0.15, -0.1) is 0 Å². The summed E-state index contributed by atoms with van der Waals surface area (Å²) in [5.41, 5.74) is 0. The Morgan fingerprint density at radius 1 is 1.53 bits per heavy atom. The first-order valence-corrected chi connectivity index (χ1v) is 4.35. The molecule has 0 aliphatic carbocycles. The average Bonchev–Trinajstić information content (AvgIpc) is 2.98. The van der Waals surface area contributed by atoms with E-state index >= 15 is 0 Å². The standard InChI is InChI=1S/C9H11NO5/c1-6(5-11)14-8(12)2-3-9(13)15-7-4-10-7/h2-4,6-7,11H,5H2,1H3/b3-2-. The zero-order valence-corrected chi connectivity index (χ0v) is 8.12. The molecule has 0 bridgehead atoms. The lowest BCUT2D eigenvalue weighted by atomic mass is 10.4. The van der Waals surface area contributed by atoms with Gasteiger partial charge in [-0.05, 0) is 6.92 Å². The topological polar surface area (TPSA) is 85.2 Å². The number of aliphatic imine (C=N–C) groups is 1. The number of hydrogen-bond acceptors (Lipinski definition) is 6. The van der Waals surface area contributed by atoms with Gasteiger partial charge in [0, 0.05) is 12.2 Å². The Bertz CT molecular complexity index is 304. The molecule has 1 aliphatic rings. The van der Waals surface area contributed by atoms with Crippen LogP contribution in [-0.4, -0.2) is 42.2 Å². The highest BCUT2D eigenvalue weighted by Gasteiger charge is 2.16. The minimum atomic E-state index is -0.704. The summed E-state index contributed by atoms with van der Waals surface area (Å²) in [6.45, 7) is 1.27. The first kappa shape index (κ1) is 11.4. The van der Waals surface area contributed by atoms with E-state index < -0.39 is 24.3 Å². The van der Waals surface area contributed by atoms with Gasteiger partial charge in [-0.2, -0.15) is 0 Å². The van der Waals surface area contributed by atoms with Crippen LogP contribution in [-0.2, 0) is 19.1 Å².